The maximum absolute atomic E-state index is 11.9. The molecule has 10 atom stereocenters. The Balaban J connectivity index is 1.82. The van der Waals surface area contributed by atoms with Gasteiger partial charge < -0.3 is 19.3 Å². The molecule has 0 spiro atoms. The van der Waals surface area contributed by atoms with E-state index in [-0.39, 0.29) is 30.2 Å². The fourth-order valence-electron chi connectivity index (χ4n) is 6.25. The molecule has 1 saturated carbocycles. The van der Waals surface area contributed by atoms with E-state index in [1.807, 2.05) is 6.92 Å². The van der Waals surface area contributed by atoms with E-state index in [2.05, 4.69) is 26.8 Å². The van der Waals surface area contributed by atoms with Crippen molar-refractivity contribution in [1.29, 1.82) is 0 Å². The number of rotatable bonds is 1. The standard InChI is InChI=1S/C22H34O5/c1-11-9-17-19-18-15(8-12(2)20(19)26-14(4)23)13(3)10-25-22(5,21(18)27-17)7-6-16(11)24/h9,12-13,15-21,24H,6-8,10H2,1-5H3. The summed E-state index contributed by atoms with van der Waals surface area (Å²) in [6.45, 7) is 10.8. The molecule has 10 unspecified atom stereocenters. The van der Waals surface area contributed by atoms with E-state index < -0.39 is 11.7 Å². The van der Waals surface area contributed by atoms with Gasteiger partial charge in [0.1, 0.15) is 6.10 Å². The molecule has 1 N–H and O–H groups in total. The molecule has 0 radical (unpaired) electrons. The summed E-state index contributed by atoms with van der Waals surface area (Å²) in [5.74, 6) is 1.46. The topological polar surface area (TPSA) is 65.0 Å². The van der Waals surface area contributed by atoms with Gasteiger partial charge in [0.05, 0.1) is 30.5 Å². The largest absolute Gasteiger partial charge is 0.462 e. The van der Waals surface area contributed by atoms with Crippen LogP contribution in [0.25, 0.3) is 0 Å². The van der Waals surface area contributed by atoms with Crippen molar-refractivity contribution in [3.8, 4) is 0 Å². The second-order valence-electron chi connectivity index (χ2n) is 9.69. The summed E-state index contributed by atoms with van der Waals surface area (Å²) in [6, 6.07) is 0. The van der Waals surface area contributed by atoms with Crippen molar-refractivity contribution in [3.63, 3.8) is 0 Å². The van der Waals surface area contributed by atoms with Crippen molar-refractivity contribution in [2.45, 2.75) is 83.9 Å². The van der Waals surface area contributed by atoms with Crippen molar-refractivity contribution in [1.82, 2.24) is 0 Å². The van der Waals surface area contributed by atoms with E-state index in [0.29, 0.717) is 30.1 Å². The number of carbonyl (C=O) groups is 1. The van der Waals surface area contributed by atoms with Gasteiger partial charge in [-0.3, -0.25) is 4.79 Å². The molecule has 3 fully saturated rings. The number of carbonyl (C=O) groups excluding carboxylic acids is 1. The fourth-order valence-corrected chi connectivity index (χ4v) is 6.25. The maximum atomic E-state index is 11.9. The molecule has 2 saturated heterocycles. The Bertz CT molecular complexity index is 630. The van der Waals surface area contributed by atoms with Gasteiger partial charge in [0.2, 0.25) is 0 Å². The molecule has 4 rings (SSSR count). The Morgan fingerprint density at radius 3 is 2.74 bits per heavy atom. The van der Waals surface area contributed by atoms with Gasteiger partial charge >= 0.3 is 5.97 Å². The Labute approximate surface area is 162 Å². The molecule has 0 amide bonds. The molecule has 3 heterocycles. The highest BCUT2D eigenvalue weighted by Gasteiger charge is 2.62. The quantitative estimate of drug-likeness (QED) is 0.561. The third-order valence-electron chi connectivity index (χ3n) is 7.73. The van der Waals surface area contributed by atoms with E-state index in [4.69, 9.17) is 14.2 Å². The number of aliphatic hydroxyl groups excluding tert-OH is 1. The maximum Gasteiger partial charge on any atom is 0.302 e. The molecule has 152 valence electrons. The first kappa shape index (κ1) is 19.4. The average molecular weight is 379 g/mol. The lowest BCUT2D eigenvalue weighted by Gasteiger charge is -2.46. The third kappa shape index (κ3) is 3.16. The highest BCUT2D eigenvalue weighted by atomic mass is 16.6. The van der Waals surface area contributed by atoms with Crippen LogP contribution in [-0.2, 0) is 19.0 Å². The summed E-state index contributed by atoms with van der Waals surface area (Å²) < 4.78 is 19.0. The van der Waals surface area contributed by atoms with Gasteiger partial charge in [-0.2, -0.15) is 0 Å². The van der Waals surface area contributed by atoms with Crippen molar-refractivity contribution < 1.29 is 24.1 Å². The second kappa shape index (κ2) is 6.85. The lowest BCUT2D eigenvalue weighted by atomic mass is 9.59. The second-order valence-corrected chi connectivity index (χ2v) is 9.69. The van der Waals surface area contributed by atoms with E-state index in [1.54, 1.807) is 0 Å². The van der Waals surface area contributed by atoms with Gasteiger partial charge in [-0.05, 0) is 56.4 Å². The molecule has 5 nitrogen and oxygen atoms in total. The van der Waals surface area contributed by atoms with Crippen LogP contribution in [0.1, 0.15) is 53.9 Å². The van der Waals surface area contributed by atoms with Crippen LogP contribution in [0.15, 0.2) is 11.6 Å². The SMILES string of the molecule is CC(=O)OC1C(C)CC2C(C)COC3(C)CCC(O)C(C)=CC4OC3C2C41. The number of esters is 1. The van der Waals surface area contributed by atoms with Crippen LogP contribution in [-0.4, -0.2) is 47.7 Å². The molecule has 2 bridgehead atoms. The Morgan fingerprint density at radius 1 is 1.30 bits per heavy atom. The molecule has 1 aliphatic carbocycles. The summed E-state index contributed by atoms with van der Waals surface area (Å²) in [7, 11) is 0. The van der Waals surface area contributed by atoms with Crippen LogP contribution in [0.3, 0.4) is 0 Å². The van der Waals surface area contributed by atoms with E-state index in [0.717, 1.165) is 25.0 Å². The first-order valence-corrected chi connectivity index (χ1v) is 10.5. The summed E-state index contributed by atoms with van der Waals surface area (Å²) in [4.78, 5) is 11.9. The normalized spacial score (nSPS) is 52.1. The number of hydrogen-bond acceptors (Lipinski definition) is 5. The molecule has 4 aliphatic rings. The molecule has 0 aromatic heterocycles. The molecule has 5 heteroatoms. The molecule has 27 heavy (non-hydrogen) atoms. The van der Waals surface area contributed by atoms with E-state index >= 15 is 0 Å². The molecule has 3 aliphatic heterocycles. The zero-order valence-corrected chi connectivity index (χ0v) is 17.2. The monoisotopic (exact) mass is 378 g/mol. The minimum atomic E-state index is -0.475. The minimum Gasteiger partial charge on any atom is -0.462 e. The molecular weight excluding hydrogens is 344 g/mol. The predicted molar refractivity (Wildman–Crippen MR) is 101 cm³/mol. The summed E-state index contributed by atoms with van der Waals surface area (Å²) >= 11 is 0. The highest BCUT2D eigenvalue weighted by molar-refractivity contribution is 5.66. The molecular formula is C22H34O5. The number of hydrogen-bond donors (Lipinski definition) is 1. The highest BCUT2D eigenvalue weighted by Crippen LogP contribution is 2.57. The van der Waals surface area contributed by atoms with Gasteiger partial charge in [-0.15, -0.1) is 0 Å². The van der Waals surface area contributed by atoms with Gasteiger partial charge in [0.25, 0.3) is 0 Å². The Hall–Kier alpha value is -0.910. The first-order valence-electron chi connectivity index (χ1n) is 10.5. The summed E-state index contributed by atoms with van der Waals surface area (Å²) in [5, 5.41) is 10.6. The van der Waals surface area contributed by atoms with Gasteiger partial charge in [-0.1, -0.05) is 19.9 Å². The Kier molecular flexibility index (Phi) is 4.93. The third-order valence-corrected chi connectivity index (χ3v) is 7.73. The minimum absolute atomic E-state index is 0.0256. The summed E-state index contributed by atoms with van der Waals surface area (Å²) in [5.41, 5.74) is 0.536. The summed E-state index contributed by atoms with van der Waals surface area (Å²) in [6.07, 6.45) is 3.80. The Morgan fingerprint density at radius 2 is 2.04 bits per heavy atom. The number of aliphatic hydroxyl groups is 1. The number of fused-ring (bicyclic) bond motifs is 2. The lowest BCUT2D eigenvalue weighted by Crippen LogP contribution is -2.52. The average Bonchev–Trinajstić information content (AvgIpc) is 2.95. The van der Waals surface area contributed by atoms with Crippen molar-refractivity contribution in [2.24, 2.45) is 29.6 Å². The number of ether oxygens (including phenoxy) is 3. The van der Waals surface area contributed by atoms with Crippen molar-refractivity contribution in [2.75, 3.05) is 6.61 Å². The van der Waals surface area contributed by atoms with E-state index in [9.17, 15) is 9.90 Å². The van der Waals surface area contributed by atoms with Crippen LogP contribution < -0.4 is 0 Å². The van der Waals surface area contributed by atoms with Crippen LogP contribution in [0, 0.1) is 29.6 Å². The van der Waals surface area contributed by atoms with Gasteiger partial charge in [0, 0.05) is 18.8 Å². The zero-order valence-electron chi connectivity index (χ0n) is 17.2. The van der Waals surface area contributed by atoms with Gasteiger partial charge in [-0.25, -0.2) is 0 Å². The van der Waals surface area contributed by atoms with Gasteiger partial charge in [0.15, 0.2) is 0 Å². The lowest BCUT2D eigenvalue weighted by molar-refractivity contribution is -0.159. The zero-order chi connectivity index (χ0) is 19.5. The van der Waals surface area contributed by atoms with Crippen LogP contribution >= 0.6 is 0 Å². The molecule has 0 aromatic rings. The predicted octanol–water partition coefficient (Wildman–Crippen LogP) is 3.10. The van der Waals surface area contributed by atoms with Crippen molar-refractivity contribution >= 4 is 5.97 Å². The van der Waals surface area contributed by atoms with Crippen molar-refractivity contribution in [3.05, 3.63) is 11.6 Å². The van der Waals surface area contributed by atoms with Crippen LogP contribution in [0.2, 0.25) is 0 Å². The smallest absolute Gasteiger partial charge is 0.302 e. The van der Waals surface area contributed by atoms with Crippen LogP contribution in [0.4, 0.5) is 0 Å². The van der Waals surface area contributed by atoms with E-state index in [1.165, 1.54) is 6.92 Å². The first-order chi connectivity index (χ1) is 12.7. The molecule has 0 aromatic carbocycles. The van der Waals surface area contributed by atoms with Crippen LogP contribution in [0.5, 0.6) is 0 Å². The fraction of sp³-hybridized carbons (Fsp3) is 0.864.